The summed E-state index contributed by atoms with van der Waals surface area (Å²) in [6.45, 7) is 0.530. The second-order valence-electron chi connectivity index (χ2n) is 5.18. The van der Waals surface area contributed by atoms with E-state index in [1.807, 2.05) is 18.2 Å². The van der Waals surface area contributed by atoms with E-state index in [0.717, 1.165) is 5.69 Å². The molecule has 2 N–H and O–H groups in total. The maximum atomic E-state index is 11.5. The Bertz CT molecular complexity index is 736. The first-order valence-electron chi connectivity index (χ1n) is 7.04. The molecule has 1 aliphatic rings. The Morgan fingerprint density at radius 1 is 1.18 bits per heavy atom. The van der Waals surface area contributed by atoms with Crippen LogP contribution in [0.2, 0.25) is 0 Å². The molecular weight excluding hydrogens is 302 g/mol. The van der Waals surface area contributed by atoms with Gasteiger partial charge in [-0.25, -0.2) is 13.4 Å². The third-order valence-corrected chi connectivity index (χ3v) is 5.16. The van der Waals surface area contributed by atoms with Crippen molar-refractivity contribution in [3.8, 4) is 0 Å². The summed E-state index contributed by atoms with van der Waals surface area (Å²) in [6.07, 6.45) is 3.99. The van der Waals surface area contributed by atoms with Gasteiger partial charge in [0.2, 0.25) is 5.95 Å². The molecule has 116 valence electrons. The van der Waals surface area contributed by atoms with Crippen molar-refractivity contribution in [2.75, 3.05) is 22.1 Å². The number of nitrogens with zero attached hydrogens (tertiary/aromatic N) is 3. The van der Waals surface area contributed by atoms with Crippen molar-refractivity contribution in [2.45, 2.75) is 19.0 Å². The van der Waals surface area contributed by atoms with E-state index in [1.54, 1.807) is 18.5 Å². The molecule has 7 nitrogen and oxygen atoms in total. The Morgan fingerprint density at radius 3 is 2.82 bits per heavy atom. The number of sulfone groups is 1. The van der Waals surface area contributed by atoms with Crippen molar-refractivity contribution >= 4 is 21.6 Å². The van der Waals surface area contributed by atoms with Crippen LogP contribution in [0.5, 0.6) is 0 Å². The Kier molecular flexibility index (Phi) is 4.19. The Labute approximate surface area is 129 Å². The standard InChI is InChI=1S/C14H17N5O2S/c20-22(21)8-5-12(10-22)18-13-4-7-16-14(19-13)17-9-11-3-1-2-6-15-11/h1-4,6-7,12H,5,8-10H2,(H2,16,17,18,19). The van der Waals surface area contributed by atoms with Crippen molar-refractivity contribution in [1.29, 1.82) is 0 Å². The highest BCUT2D eigenvalue weighted by atomic mass is 32.2. The zero-order chi connectivity index (χ0) is 15.4. The van der Waals surface area contributed by atoms with Crippen molar-refractivity contribution in [1.82, 2.24) is 15.0 Å². The van der Waals surface area contributed by atoms with Gasteiger partial charge in [0.25, 0.3) is 0 Å². The number of pyridine rings is 1. The average molecular weight is 319 g/mol. The molecule has 1 aliphatic heterocycles. The first-order chi connectivity index (χ1) is 10.6. The number of nitrogens with one attached hydrogen (secondary N) is 2. The smallest absolute Gasteiger partial charge is 0.224 e. The van der Waals surface area contributed by atoms with Crippen LogP contribution in [0.25, 0.3) is 0 Å². The van der Waals surface area contributed by atoms with Crippen LogP contribution in [0.15, 0.2) is 36.7 Å². The summed E-state index contributed by atoms with van der Waals surface area (Å²) in [5.41, 5.74) is 0.895. The van der Waals surface area contributed by atoms with Gasteiger partial charge in [-0.2, -0.15) is 4.98 Å². The predicted molar refractivity (Wildman–Crippen MR) is 84.3 cm³/mol. The molecule has 0 bridgehead atoms. The van der Waals surface area contributed by atoms with E-state index in [1.165, 1.54) is 0 Å². The second kappa shape index (κ2) is 6.27. The summed E-state index contributed by atoms with van der Waals surface area (Å²) in [5, 5.41) is 6.25. The number of hydrogen-bond donors (Lipinski definition) is 2. The Morgan fingerprint density at radius 2 is 2.09 bits per heavy atom. The van der Waals surface area contributed by atoms with Gasteiger partial charge in [-0.15, -0.1) is 0 Å². The van der Waals surface area contributed by atoms with E-state index >= 15 is 0 Å². The van der Waals surface area contributed by atoms with Gasteiger partial charge in [-0.3, -0.25) is 4.98 Å². The van der Waals surface area contributed by atoms with Gasteiger partial charge in [0.05, 0.1) is 23.7 Å². The van der Waals surface area contributed by atoms with Crippen LogP contribution >= 0.6 is 0 Å². The van der Waals surface area contributed by atoms with Crippen LogP contribution in [0.3, 0.4) is 0 Å². The lowest BCUT2D eigenvalue weighted by molar-refractivity contribution is 0.602. The number of anilines is 2. The summed E-state index contributed by atoms with van der Waals surface area (Å²) < 4.78 is 22.9. The van der Waals surface area contributed by atoms with E-state index in [9.17, 15) is 8.42 Å². The van der Waals surface area contributed by atoms with Crippen LogP contribution in [0.1, 0.15) is 12.1 Å². The second-order valence-corrected chi connectivity index (χ2v) is 7.41. The highest BCUT2D eigenvalue weighted by molar-refractivity contribution is 7.91. The predicted octanol–water partition coefficient (Wildman–Crippen LogP) is 1.08. The van der Waals surface area contributed by atoms with Crippen LogP contribution in [-0.2, 0) is 16.4 Å². The zero-order valence-corrected chi connectivity index (χ0v) is 12.8. The van der Waals surface area contributed by atoms with Crippen molar-refractivity contribution in [3.05, 3.63) is 42.4 Å². The normalized spacial score (nSPS) is 19.7. The van der Waals surface area contributed by atoms with E-state index in [2.05, 4.69) is 25.6 Å². The lowest BCUT2D eigenvalue weighted by atomic mass is 10.2. The average Bonchev–Trinajstić information content (AvgIpc) is 2.85. The molecule has 1 fully saturated rings. The number of hydrogen-bond acceptors (Lipinski definition) is 7. The summed E-state index contributed by atoms with van der Waals surface area (Å²) in [4.78, 5) is 12.7. The van der Waals surface area contributed by atoms with E-state index in [-0.39, 0.29) is 17.5 Å². The molecule has 2 aromatic heterocycles. The molecule has 1 atom stereocenters. The summed E-state index contributed by atoms with van der Waals surface area (Å²) in [7, 11) is -2.90. The minimum atomic E-state index is -2.90. The largest absolute Gasteiger partial charge is 0.366 e. The topological polar surface area (TPSA) is 96.9 Å². The van der Waals surface area contributed by atoms with Crippen molar-refractivity contribution < 1.29 is 8.42 Å². The molecule has 0 spiro atoms. The van der Waals surface area contributed by atoms with Gasteiger partial charge in [0.15, 0.2) is 9.84 Å². The SMILES string of the molecule is O=S1(=O)CCC(Nc2ccnc(NCc3ccccn3)n2)C1. The van der Waals surface area contributed by atoms with E-state index in [0.29, 0.717) is 24.7 Å². The van der Waals surface area contributed by atoms with Gasteiger partial charge >= 0.3 is 0 Å². The van der Waals surface area contributed by atoms with Gasteiger partial charge in [-0.05, 0) is 24.6 Å². The third kappa shape index (κ3) is 3.91. The summed E-state index contributed by atoms with van der Waals surface area (Å²) in [5.74, 6) is 1.51. The zero-order valence-electron chi connectivity index (χ0n) is 11.9. The monoisotopic (exact) mass is 319 g/mol. The molecule has 3 heterocycles. The molecule has 1 unspecified atom stereocenters. The first kappa shape index (κ1) is 14.7. The molecule has 22 heavy (non-hydrogen) atoms. The molecule has 0 radical (unpaired) electrons. The summed E-state index contributed by atoms with van der Waals surface area (Å²) >= 11 is 0. The Balaban J connectivity index is 1.60. The maximum Gasteiger partial charge on any atom is 0.224 e. The number of aromatic nitrogens is 3. The fourth-order valence-corrected chi connectivity index (χ4v) is 3.99. The van der Waals surface area contributed by atoms with Gasteiger partial charge in [0.1, 0.15) is 5.82 Å². The molecule has 8 heteroatoms. The first-order valence-corrected chi connectivity index (χ1v) is 8.87. The Hall–Kier alpha value is -2.22. The molecule has 2 aromatic rings. The van der Waals surface area contributed by atoms with Gasteiger partial charge in [0, 0.05) is 18.4 Å². The van der Waals surface area contributed by atoms with Crippen LogP contribution in [0.4, 0.5) is 11.8 Å². The van der Waals surface area contributed by atoms with Crippen LogP contribution in [-0.4, -0.2) is 40.9 Å². The minimum Gasteiger partial charge on any atom is -0.366 e. The molecular formula is C14H17N5O2S. The van der Waals surface area contributed by atoms with Crippen molar-refractivity contribution in [3.63, 3.8) is 0 Å². The van der Waals surface area contributed by atoms with Crippen LogP contribution in [0, 0.1) is 0 Å². The van der Waals surface area contributed by atoms with Crippen molar-refractivity contribution in [2.24, 2.45) is 0 Å². The maximum absolute atomic E-state index is 11.5. The number of rotatable bonds is 5. The van der Waals surface area contributed by atoms with Gasteiger partial charge < -0.3 is 10.6 Å². The summed E-state index contributed by atoms with van der Waals surface area (Å²) in [6, 6.07) is 7.35. The van der Waals surface area contributed by atoms with E-state index < -0.39 is 9.84 Å². The minimum absolute atomic E-state index is 0.0801. The highest BCUT2D eigenvalue weighted by Crippen LogP contribution is 2.16. The molecule has 3 rings (SSSR count). The quantitative estimate of drug-likeness (QED) is 0.851. The molecule has 0 aromatic carbocycles. The fraction of sp³-hybridized carbons (Fsp3) is 0.357. The fourth-order valence-electron chi connectivity index (χ4n) is 2.31. The molecule has 1 saturated heterocycles. The molecule has 0 saturated carbocycles. The van der Waals surface area contributed by atoms with Crippen LogP contribution < -0.4 is 10.6 Å². The molecule has 0 amide bonds. The highest BCUT2D eigenvalue weighted by Gasteiger charge is 2.27. The van der Waals surface area contributed by atoms with Gasteiger partial charge in [-0.1, -0.05) is 6.07 Å². The lowest BCUT2D eigenvalue weighted by Crippen LogP contribution is -2.21. The third-order valence-electron chi connectivity index (χ3n) is 3.39. The molecule has 0 aliphatic carbocycles. The lowest BCUT2D eigenvalue weighted by Gasteiger charge is -2.12. The van der Waals surface area contributed by atoms with E-state index in [4.69, 9.17) is 0 Å².